The SMILES string of the molecule is CCc1ccc2c(C[NH+]3CC=C(c4ccccc4)CC3)cc(=O)oc2c1. The molecule has 0 bridgehead atoms. The van der Waals surface area contributed by atoms with Crippen LogP contribution in [0.1, 0.15) is 30.0 Å². The molecule has 0 spiro atoms. The molecule has 2 heterocycles. The van der Waals surface area contributed by atoms with Gasteiger partial charge in [-0.25, -0.2) is 4.79 Å². The summed E-state index contributed by atoms with van der Waals surface area (Å²) in [6.45, 7) is 5.03. The van der Waals surface area contributed by atoms with Gasteiger partial charge < -0.3 is 9.32 Å². The van der Waals surface area contributed by atoms with Crippen molar-refractivity contribution in [3.05, 3.63) is 87.8 Å². The van der Waals surface area contributed by atoms with E-state index in [1.54, 1.807) is 6.07 Å². The molecule has 0 aliphatic carbocycles. The van der Waals surface area contributed by atoms with Gasteiger partial charge in [-0.2, -0.15) is 0 Å². The van der Waals surface area contributed by atoms with Crippen molar-refractivity contribution in [1.29, 1.82) is 0 Å². The second-order valence-corrected chi connectivity index (χ2v) is 7.00. The van der Waals surface area contributed by atoms with Gasteiger partial charge >= 0.3 is 5.63 Å². The molecule has 1 aliphatic heterocycles. The Hall–Kier alpha value is -2.65. The number of hydrogen-bond donors (Lipinski definition) is 1. The molecule has 1 aromatic heterocycles. The van der Waals surface area contributed by atoms with Gasteiger partial charge in [0.15, 0.2) is 0 Å². The van der Waals surface area contributed by atoms with Crippen LogP contribution in [0.25, 0.3) is 16.5 Å². The van der Waals surface area contributed by atoms with E-state index in [9.17, 15) is 4.79 Å². The van der Waals surface area contributed by atoms with Crippen molar-refractivity contribution in [3.8, 4) is 0 Å². The maximum Gasteiger partial charge on any atom is 0.336 e. The van der Waals surface area contributed by atoms with Crippen LogP contribution in [0.3, 0.4) is 0 Å². The first kappa shape index (κ1) is 16.8. The molecule has 0 saturated heterocycles. The zero-order valence-electron chi connectivity index (χ0n) is 15.1. The molecule has 2 aromatic carbocycles. The van der Waals surface area contributed by atoms with Gasteiger partial charge in [-0.15, -0.1) is 0 Å². The average Bonchev–Trinajstić information content (AvgIpc) is 2.68. The van der Waals surface area contributed by atoms with Gasteiger partial charge in [-0.1, -0.05) is 49.4 Å². The van der Waals surface area contributed by atoms with Crippen LogP contribution in [0, 0.1) is 0 Å². The number of benzene rings is 2. The van der Waals surface area contributed by atoms with E-state index < -0.39 is 0 Å². The van der Waals surface area contributed by atoms with Crippen molar-refractivity contribution in [2.75, 3.05) is 13.1 Å². The van der Waals surface area contributed by atoms with Crippen LogP contribution in [0.15, 0.2) is 69.9 Å². The van der Waals surface area contributed by atoms with Crippen molar-refractivity contribution < 1.29 is 9.32 Å². The Bertz CT molecular complexity index is 1000. The molecule has 1 atom stereocenters. The Morgan fingerprint density at radius 2 is 1.92 bits per heavy atom. The van der Waals surface area contributed by atoms with E-state index in [0.29, 0.717) is 5.58 Å². The highest BCUT2D eigenvalue weighted by atomic mass is 16.4. The van der Waals surface area contributed by atoms with Crippen LogP contribution >= 0.6 is 0 Å². The lowest BCUT2D eigenvalue weighted by molar-refractivity contribution is -0.908. The van der Waals surface area contributed by atoms with Gasteiger partial charge in [-0.05, 0) is 35.3 Å². The van der Waals surface area contributed by atoms with Gasteiger partial charge in [0.25, 0.3) is 0 Å². The lowest BCUT2D eigenvalue weighted by Gasteiger charge is -2.24. The number of hydrogen-bond acceptors (Lipinski definition) is 2. The minimum Gasteiger partial charge on any atom is -0.423 e. The molecule has 0 radical (unpaired) electrons. The summed E-state index contributed by atoms with van der Waals surface area (Å²) in [6.07, 6.45) is 4.35. The van der Waals surface area contributed by atoms with Crippen molar-refractivity contribution in [2.45, 2.75) is 26.3 Å². The van der Waals surface area contributed by atoms with Crippen molar-refractivity contribution >= 4 is 16.5 Å². The topological polar surface area (TPSA) is 34.7 Å². The van der Waals surface area contributed by atoms with Gasteiger partial charge in [0.1, 0.15) is 12.1 Å². The first-order valence-electron chi connectivity index (χ1n) is 9.36. The van der Waals surface area contributed by atoms with Gasteiger partial charge in [0, 0.05) is 23.4 Å². The Labute approximate surface area is 153 Å². The summed E-state index contributed by atoms with van der Waals surface area (Å²) >= 11 is 0. The third kappa shape index (κ3) is 3.49. The predicted molar refractivity (Wildman–Crippen MR) is 105 cm³/mol. The van der Waals surface area contributed by atoms with Crippen molar-refractivity contribution in [2.24, 2.45) is 0 Å². The number of quaternary nitrogens is 1. The molecule has 1 N–H and O–H groups in total. The predicted octanol–water partition coefficient (Wildman–Crippen LogP) is 3.23. The highest BCUT2D eigenvalue weighted by molar-refractivity contribution is 5.80. The largest absolute Gasteiger partial charge is 0.423 e. The second kappa shape index (κ2) is 7.30. The molecule has 3 aromatic rings. The molecule has 0 amide bonds. The Balaban J connectivity index is 1.57. The van der Waals surface area contributed by atoms with Crippen LogP contribution in [-0.2, 0) is 13.0 Å². The molecule has 1 unspecified atom stereocenters. The van der Waals surface area contributed by atoms with E-state index in [4.69, 9.17) is 4.42 Å². The van der Waals surface area contributed by atoms with E-state index >= 15 is 0 Å². The lowest BCUT2D eigenvalue weighted by Crippen LogP contribution is -3.11. The zero-order valence-corrected chi connectivity index (χ0v) is 15.1. The molecule has 4 rings (SSSR count). The summed E-state index contributed by atoms with van der Waals surface area (Å²) in [4.78, 5) is 13.5. The third-order valence-electron chi connectivity index (χ3n) is 5.27. The highest BCUT2D eigenvalue weighted by Crippen LogP contribution is 2.20. The number of rotatable bonds is 4. The highest BCUT2D eigenvalue weighted by Gasteiger charge is 2.18. The maximum atomic E-state index is 12.0. The van der Waals surface area contributed by atoms with Crippen LogP contribution in [-0.4, -0.2) is 13.1 Å². The minimum atomic E-state index is -0.252. The van der Waals surface area contributed by atoms with Crippen LogP contribution < -0.4 is 10.5 Å². The molecule has 0 saturated carbocycles. The zero-order chi connectivity index (χ0) is 17.9. The summed E-state index contributed by atoms with van der Waals surface area (Å²) < 4.78 is 5.43. The fourth-order valence-electron chi connectivity index (χ4n) is 3.77. The van der Waals surface area contributed by atoms with E-state index in [0.717, 1.165) is 43.4 Å². The van der Waals surface area contributed by atoms with Gasteiger partial charge in [-0.3, -0.25) is 0 Å². The number of aryl methyl sites for hydroxylation is 1. The summed E-state index contributed by atoms with van der Waals surface area (Å²) in [5.74, 6) is 0. The Morgan fingerprint density at radius 1 is 1.08 bits per heavy atom. The second-order valence-electron chi connectivity index (χ2n) is 7.00. The standard InChI is InChI=1S/C23H23NO2/c1-2-17-8-9-21-20(15-23(25)26-22(21)14-17)16-24-12-10-19(11-13-24)18-6-4-3-5-7-18/h3-10,14-15H,2,11-13,16H2,1H3/p+1. The normalized spacial score (nSPS) is 17.3. The monoisotopic (exact) mass is 346 g/mol. The fraction of sp³-hybridized carbons (Fsp3) is 0.261. The van der Waals surface area contributed by atoms with Crippen molar-refractivity contribution in [1.82, 2.24) is 0 Å². The molecular weight excluding hydrogens is 322 g/mol. The van der Waals surface area contributed by atoms with Crippen LogP contribution in [0.2, 0.25) is 0 Å². The Morgan fingerprint density at radius 3 is 2.65 bits per heavy atom. The maximum absolute atomic E-state index is 12.0. The third-order valence-corrected chi connectivity index (χ3v) is 5.27. The molecule has 0 fully saturated rings. The van der Waals surface area contributed by atoms with E-state index in [-0.39, 0.29) is 5.63 Å². The van der Waals surface area contributed by atoms with Crippen LogP contribution in [0.5, 0.6) is 0 Å². The number of nitrogens with one attached hydrogen (secondary N) is 1. The molecular formula is C23H24NO2+. The molecule has 132 valence electrons. The first-order valence-corrected chi connectivity index (χ1v) is 9.36. The van der Waals surface area contributed by atoms with Crippen LogP contribution in [0.4, 0.5) is 0 Å². The average molecular weight is 346 g/mol. The molecule has 3 heteroatoms. The Kier molecular flexibility index (Phi) is 4.72. The van der Waals surface area contributed by atoms with Gasteiger partial charge in [0.05, 0.1) is 13.1 Å². The van der Waals surface area contributed by atoms with E-state index in [1.807, 2.05) is 6.07 Å². The first-order chi connectivity index (χ1) is 12.7. The molecule has 3 nitrogen and oxygen atoms in total. The fourth-order valence-corrected chi connectivity index (χ4v) is 3.77. The smallest absolute Gasteiger partial charge is 0.336 e. The minimum absolute atomic E-state index is 0.252. The number of fused-ring (bicyclic) bond motifs is 1. The van der Waals surface area contributed by atoms with E-state index in [2.05, 4.69) is 55.5 Å². The quantitative estimate of drug-likeness (QED) is 0.736. The molecule has 26 heavy (non-hydrogen) atoms. The summed E-state index contributed by atoms with van der Waals surface area (Å²) in [7, 11) is 0. The summed E-state index contributed by atoms with van der Waals surface area (Å²) in [5, 5.41) is 1.06. The summed E-state index contributed by atoms with van der Waals surface area (Å²) in [6, 6.07) is 18.5. The lowest BCUT2D eigenvalue weighted by atomic mass is 9.99. The molecule has 1 aliphatic rings. The van der Waals surface area contributed by atoms with E-state index in [1.165, 1.54) is 21.6 Å². The van der Waals surface area contributed by atoms with Gasteiger partial charge in [0.2, 0.25) is 0 Å². The summed E-state index contributed by atoms with van der Waals surface area (Å²) in [5.41, 5.74) is 5.49. The van der Waals surface area contributed by atoms with Crippen molar-refractivity contribution in [3.63, 3.8) is 0 Å².